The molecule has 0 aromatic heterocycles. The predicted molar refractivity (Wildman–Crippen MR) is 84.3 cm³/mol. The SMILES string of the molecule is CNC(=O)C[C@]1(CO)CCCN1C(=O)CN(C)C1CCCC1. The fraction of sp³-hybridized carbons (Fsp3) is 0.875. The third-order valence-corrected chi connectivity index (χ3v) is 5.29. The molecular weight excluding hydrogens is 282 g/mol. The van der Waals surface area contributed by atoms with E-state index in [0.717, 1.165) is 19.3 Å². The van der Waals surface area contributed by atoms with Gasteiger partial charge in [-0.05, 0) is 32.7 Å². The Labute approximate surface area is 132 Å². The highest BCUT2D eigenvalue weighted by Gasteiger charge is 2.44. The van der Waals surface area contributed by atoms with Crippen LogP contribution in [0.3, 0.4) is 0 Å². The number of rotatable bonds is 6. The molecule has 1 atom stereocenters. The number of hydrogen-bond acceptors (Lipinski definition) is 4. The molecule has 1 aliphatic heterocycles. The summed E-state index contributed by atoms with van der Waals surface area (Å²) in [4.78, 5) is 28.3. The molecule has 0 unspecified atom stereocenters. The molecule has 2 aliphatic rings. The van der Waals surface area contributed by atoms with Crippen molar-refractivity contribution in [3.63, 3.8) is 0 Å². The van der Waals surface area contributed by atoms with Gasteiger partial charge in [0.2, 0.25) is 11.8 Å². The number of hydrogen-bond donors (Lipinski definition) is 2. The fourth-order valence-electron chi connectivity index (χ4n) is 3.89. The lowest BCUT2D eigenvalue weighted by Crippen LogP contribution is -2.55. The summed E-state index contributed by atoms with van der Waals surface area (Å²) in [6.45, 7) is 0.856. The van der Waals surface area contributed by atoms with Gasteiger partial charge in [0.25, 0.3) is 0 Å². The van der Waals surface area contributed by atoms with E-state index in [0.29, 0.717) is 25.6 Å². The van der Waals surface area contributed by atoms with E-state index in [1.807, 2.05) is 7.05 Å². The van der Waals surface area contributed by atoms with Crippen LogP contribution in [0.15, 0.2) is 0 Å². The molecule has 1 saturated heterocycles. The van der Waals surface area contributed by atoms with Crippen LogP contribution in [-0.4, -0.2) is 72.1 Å². The van der Waals surface area contributed by atoms with Gasteiger partial charge in [-0.15, -0.1) is 0 Å². The van der Waals surface area contributed by atoms with Gasteiger partial charge >= 0.3 is 0 Å². The summed E-state index contributed by atoms with van der Waals surface area (Å²) in [7, 11) is 3.59. The Morgan fingerprint density at radius 3 is 2.59 bits per heavy atom. The Hall–Kier alpha value is -1.14. The van der Waals surface area contributed by atoms with Crippen LogP contribution in [0.5, 0.6) is 0 Å². The molecule has 2 fully saturated rings. The lowest BCUT2D eigenvalue weighted by Gasteiger charge is -2.38. The highest BCUT2D eigenvalue weighted by molar-refractivity contribution is 5.82. The first-order valence-corrected chi connectivity index (χ1v) is 8.34. The molecule has 0 spiro atoms. The molecule has 1 saturated carbocycles. The van der Waals surface area contributed by atoms with Gasteiger partial charge in [-0.1, -0.05) is 12.8 Å². The molecule has 1 aliphatic carbocycles. The molecule has 2 N–H and O–H groups in total. The van der Waals surface area contributed by atoms with Crippen LogP contribution < -0.4 is 5.32 Å². The Morgan fingerprint density at radius 2 is 2.00 bits per heavy atom. The average Bonchev–Trinajstić information content (AvgIpc) is 3.16. The van der Waals surface area contributed by atoms with Gasteiger partial charge in [-0.2, -0.15) is 0 Å². The van der Waals surface area contributed by atoms with E-state index in [9.17, 15) is 14.7 Å². The summed E-state index contributed by atoms with van der Waals surface area (Å²) < 4.78 is 0. The minimum Gasteiger partial charge on any atom is -0.394 e. The standard InChI is InChI=1S/C16H29N3O3/c1-17-14(21)10-16(12-20)8-5-9-19(16)15(22)11-18(2)13-6-3-4-7-13/h13,20H,3-12H2,1-2H3,(H,17,21)/t16-/m0/s1. The van der Waals surface area contributed by atoms with E-state index in [1.54, 1.807) is 11.9 Å². The number of carbonyl (C=O) groups excluding carboxylic acids is 2. The molecule has 2 rings (SSSR count). The zero-order valence-corrected chi connectivity index (χ0v) is 13.8. The van der Waals surface area contributed by atoms with Crippen molar-refractivity contribution in [2.45, 2.75) is 56.5 Å². The number of nitrogens with zero attached hydrogens (tertiary/aromatic N) is 2. The topological polar surface area (TPSA) is 72.9 Å². The van der Waals surface area contributed by atoms with Crippen molar-refractivity contribution in [2.75, 3.05) is 33.8 Å². The summed E-state index contributed by atoms with van der Waals surface area (Å²) in [5.41, 5.74) is -0.715. The Morgan fingerprint density at radius 1 is 1.32 bits per heavy atom. The third-order valence-electron chi connectivity index (χ3n) is 5.29. The molecule has 0 radical (unpaired) electrons. The van der Waals surface area contributed by atoms with Crippen molar-refractivity contribution in [3.8, 4) is 0 Å². The predicted octanol–water partition coefficient (Wildman–Crippen LogP) is 0.350. The summed E-state index contributed by atoms with van der Waals surface area (Å²) in [6.07, 6.45) is 6.51. The molecular formula is C16H29N3O3. The number of amides is 2. The number of likely N-dealkylation sites (tertiary alicyclic amines) is 1. The van der Waals surface area contributed by atoms with Gasteiger partial charge in [0, 0.05) is 19.6 Å². The molecule has 0 bridgehead atoms. The Balaban J connectivity index is 2.01. The normalized spacial score (nSPS) is 25.9. The summed E-state index contributed by atoms with van der Waals surface area (Å²) >= 11 is 0. The first kappa shape index (κ1) is 17.2. The second kappa shape index (κ2) is 7.42. The van der Waals surface area contributed by atoms with Crippen molar-refractivity contribution in [1.82, 2.24) is 15.1 Å². The minimum atomic E-state index is -0.715. The maximum absolute atomic E-state index is 12.7. The first-order valence-electron chi connectivity index (χ1n) is 8.34. The van der Waals surface area contributed by atoms with Crippen molar-refractivity contribution in [3.05, 3.63) is 0 Å². The average molecular weight is 311 g/mol. The summed E-state index contributed by atoms with van der Waals surface area (Å²) in [5, 5.41) is 12.4. The van der Waals surface area contributed by atoms with Gasteiger partial charge < -0.3 is 15.3 Å². The van der Waals surface area contributed by atoms with E-state index in [1.165, 1.54) is 12.8 Å². The number of aliphatic hydroxyl groups is 1. The molecule has 2 amide bonds. The summed E-state index contributed by atoms with van der Waals surface area (Å²) in [5.74, 6) is -0.0947. The van der Waals surface area contributed by atoms with E-state index in [2.05, 4.69) is 10.2 Å². The Bertz CT molecular complexity index is 409. The molecule has 0 aromatic carbocycles. The minimum absolute atomic E-state index is 0.0323. The van der Waals surface area contributed by atoms with E-state index < -0.39 is 5.54 Å². The quantitative estimate of drug-likeness (QED) is 0.742. The van der Waals surface area contributed by atoms with Gasteiger partial charge in [-0.25, -0.2) is 0 Å². The van der Waals surface area contributed by atoms with E-state index >= 15 is 0 Å². The Kier molecular flexibility index (Phi) is 5.81. The molecule has 0 aromatic rings. The second-order valence-corrected chi connectivity index (χ2v) is 6.73. The van der Waals surface area contributed by atoms with Crippen molar-refractivity contribution in [1.29, 1.82) is 0 Å². The molecule has 126 valence electrons. The smallest absolute Gasteiger partial charge is 0.237 e. The zero-order valence-electron chi connectivity index (χ0n) is 13.8. The lowest BCUT2D eigenvalue weighted by molar-refractivity contribution is -0.140. The first-order chi connectivity index (χ1) is 10.5. The van der Waals surface area contributed by atoms with E-state index in [-0.39, 0.29) is 24.8 Å². The molecule has 1 heterocycles. The van der Waals surface area contributed by atoms with Crippen LogP contribution in [0.2, 0.25) is 0 Å². The number of likely N-dealkylation sites (N-methyl/N-ethyl adjacent to an activating group) is 1. The van der Waals surface area contributed by atoms with Crippen LogP contribution >= 0.6 is 0 Å². The highest BCUT2D eigenvalue weighted by atomic mass is 16.3. The van der Waals surface area contributed by atoms with Crippen LogP contribution in [0.4, 0.5) is 0 Å². The maximum Gasteiger partial charge on any atom is 0.237 e. The second-order valence-electron chi connectivity index (χ2n) is 6.73. The van der Waals surface area contributed by atoms with Crippen LogP contribution in [0.25, 0.3) is 0 Å². The van der Waals surface area contributed by atoms with E-state index in [4.69, 9.17) is 0 Å². The molecule has 6 nitrogen and oxygen atoms in total. The molecule has 6 heteroatoms. The third kappa shape index (κ3) is 3.60. The van der Waals surface area contributed by atoms with Gasteiger partial charge in [0.05, 0.1) is 25.1 Å². The fourth-order valence-corrected chi connectivity index (χ4v) is 3.89. The number of aliphatic hydroxyl groups excluding tert-OH is 1. The zero-order chi connectivity index (χ0) is 16.2. The van der Waals surface area contributed by atoms with Crippen LogP contribution in [0.1, 0.15) is 44.9 Å². The highest BCUT2D eigenvalue weighted by Crippen LogP contribution is 2.33. The largest absolute Gasteiger partial charge is 0.394 e. The van der Waals surface area contributed by atoms with Crippen molar-refractivity contribution in [2.24, 2.45) is 0 Å². The number of nitrogens with one attached hydrogen (secondary N) is 1. The van der Waals surface area contributed by atoms with Gasteiger partial charge in [-0.3, -0.25) is 14.5 Å². The lowest BCUT2D eigenvalue weighted by atomic mass is 9.92. The van der Waals surface area contributed by atoms with Crippen molar-refractivity contribution >= 4 is 11.8 Å². The maximum atomic E-state index is 12.7. The van der Waals surface area contributed by atoms with Gasteiger partial charge in [0.1, 0.15) is 0 Å². The summed E-state index contributed by atoms with van der Waals surface area (Å²) in [6, 6.07) is 0.494. The number of carbonyl (C=O) groups is 2. The van der Waals surface area contributed by atoms with Crippen molar-refractivity contribution < 1.29 is 14.7 Å². The van der Waals surface area contributed by atoms with Crippen LogP contribution in [0, 0.1) is 0 Å². The molecule has 22 heavy (non-hydrogen) atoms. The van der Waals surface area contributed by atoms with Crippen LogP contribution in [-0.2, 0) is 9.59 Å². The van der Waals surface area contributed by atoms with Gasteiger partial charge in [0.15, 0.2) is 0 Å². The monoisotopic (exact) mass is 311 g/mol.